The summed E-state index contributed by atoms with van der Waals surface area (Å²) < 4.78 is 11.8. The maximum atomic E-state index is 14.0. The molecule has 4 aromatic rings. The number of H-pyrrole nitrogens is 1. The molecule has 384 valence electrons. The molecule has 5 rings (SSSR count). The van der Waals surface area contributed by atoms with Crippen LogP contribution in [0.25, 0.3) is 10.9 Å². The first-order chi connectivity index (χ1) is 33.8. The molecular formula is C49H65N9O12S. The number of anilines is 1. The topological polar surface area (TPSA) is 301 Å². The van der Waals surface area contributed by atoms with Crippen LogP contribution in [0.15, 0.2) is 77.9 Å². The summed E-state index contributed by atoms with van der Waals surface area (Å²) in [6.45, 7) is 8.21. The number of benzene rings is 2. The number of ether oxygens (including phenoxy) is 2. The number of fused-ring (bicyclic) bond motifs is 1. The average Bonchev–Trinajstić information content (AvgIpc) is 3.98. The summed E-state index contributed by atoms with van der Waals surface area (Å²) in [5.74, 6) is -5.05. The Hall–Kier alpha value is -6.62. The molecule has 1 unspecified atom stereocenters. The fraction of sp³-hybridized carbons (Fsp3) is 0.490. The van der Waals surface area contributed by atoms with Crippen LogP contribution in [0.2, 0.25) is 0 Å². The molecular weight excluding hydrogens is 939 g/mol. The third-order valence-electron chi connectivity index (χ3n) is 11.6. The van der Waals surface area contributed by atoms with Crippen LogP contribution in [0.4, 0.5) is 5.82 Å². The second kappa shape index (κ2) is 26.6. The van der Waals surface area contributed by atoms with E-state index in [-0.39, 0.29) is 50.4 Å². The molecule has 9 N–H and O–H groups in total. The quantitative estimate of drug-likeness (QED) is 0.0426. The molecule has 8 atom stereocenters. The lowest BCUT2D eigenvalue weighted by molar-refractivity contribution is -0.145. The second-order valence-electron chi connectivity index (χ2n) is 18.1. The van der Waals surface area contributed by atoms with Crippen LogP contribution < -0.4 is 37.6 Å². The molecule has 1 fully saturated rings. The molecule has 6 amide bonds. The largest absolute Gasteiger partial charge is 0.467 e. The number of nitrogens with zero attached hydrogens (tertiary/aromatic N) is 2. The monoisotopic (exact) mass is 1000 g/mol. The van der Waals surface area contributed by atoms with Crippen LogP contribution in [0.3, 0.4) is 0 Å². The number of para-hydroxylation sites is 1. The molecule has 2 aromatic heterocycles. The molecule has 0 radical (unpaired) electrons. The molecule has 71 heavy (non-hydrogen) atoms. The molecule has 1 aliphatic rings. The van der Waals surface area contributed by atoms with Gasteiger partial charge in [-0.15, -0.1) is 11.8 Å². The lowest BCUT2D eigenvalue weighted by Gasteiger charge is -2.30. The molecule has 0 aliphatic carbocycles. The molecule has 0 spiro atoms. The van der Waals surface area contributed by atoms with Gasteiger partial charge in [-0.1, -0.05) is 76.2 Å². The number of amides is 6. The van der Waals surface area contributed by atoms with Gasteiger partial charge in [-0.05, 0) is 47.9 Å². The number of aromatic amines is 1. The Bertz CT molecular complexity index is 2540. The van der Waals surface area contributed by atoms with Crippen LogP contribution in [-0.4, -0.2) is 127 Å². The van der Waals surface area contributed by atoms with E-state index < -0.39 is 107 Å². The van der Waals surface area contributed by atoms with Gasteiger partial charge < -0.3 is 56.6 Å². The van der Waals surface area contributed by atoms with Gasteiger partial charge in [0.1, 0.15) is 41.6 Å². The molecule has 21 nitrogen and oxygen atoms in total. The third-order valence-corrected chi connectivity index (χ3v) is 12.7. The Labute approximate surface area is 415 Å². The lowest BCUT2D eigenvalue weighted by atomic mass is 9.95. The Balaban J connectivity index is 1.28. The number of hydrogen-bond acceptors (Lipinski definition) is 14. The number of esters is 1. The Morgan fingerprint density at radius 3 is 2.21 bits per heavy atom. The van der Waals surface area contributed by atoms with E-state index in [1.165, 1.54) is 35.5 Å². The maximum Gasteiger partial charge on any atom is 0.351 e. The van der Waals surface area contributed by atoms with Crippen molar-refractivity contribution in [3.63, 3.8) is 0 Å². The maximum absolute atomic E-state index is 14.0. The summed E-state index contributed by atoms with van der Waals surface area (Å²) in [5, 5.41) is 37.9. The smallest absolute Gasteiger partial charge is 0.351 e. The van der Waals surface area contributed by atoms with Crippen molar-refractivity contribution in [1.82, 2.24) is 41.1 Å². The number of nitrogens with one attached hydrogen (secondary N) is 7. The molecule has 1 aliphatic heterocycles. The highest BCUT2D eigenvalue weighted by atomic mass is 32.2. The van der Waals surface area contributed by atoms with Gasteiger partial charge in [0.15, 0.2) is 0 Å². The second-order valence-corrected chi connectivity index (χ2v) is 19.3. The molecule has 0 saturated carbocycles. The zero-order valence-corrected chi connectivity index (χ0v) is 41.5. The van der Waals surface area contributed by atoms with Crippen LogP contribution in [-0.2, 0) is 55.9 Å². The summed E-state index contributed by atoms with van der Waals surface area (Å²) in [7, 11) is 1.16. The van der Waals surface area contributed by atoms with Gasteiger partial charge in [-0.2, -0.15) is 4.98 Å². The van der Waals surface area contributed by atoms with Crippen LogP contribution in [0, 0.1) is 11.8 Å². The van der Waals surface area contributed by atoms with E-state index in [2.05, 4.69) is 41.9 Å². The predicted octanol–water partition coefficient (Wildman–Crippen LogP) is 1.58. The van der Waals surface area contributed by atoms with Crippen molar-refractivity contribution < 1.29 is 53.2 Å². The van der Waals surface area contributed by atoms with E-state index in [9.17, 15) is 48.6 Å². The normalized spacial score (nSPS) is 17.0. The van der Waals surface area contributed by atoms with E-state index in [1.54, 1.807) is 50.4 Å². The standard InChI is InChI=1S/C49H65N9O12S/c1-27(2)20-35(53-47(66)44(28(3)4)57-46(65)36(51-29(5)60)22-31-24-50-33-15-11-10-14-32(31)33)38(61)23-41(63)52-34(45(64)54-37(48(67)69-6)21-30-12-8-7-9-13-30)16-17-40(62)55-39-18-19-58(49(68)56-39)42-26-71-43(25-59)70-42/h7-15,18-19,24,27-28,34-38,42-44,50,59,61H,16-17,20-23,25-26H2,1-6H3,(H,51,60)(H,52,63)(H,53,66)(H,54,64)(H,57,65)(H,55,56,62,68)/t34-,35-,36-,37-,38?,42+,43-,44-/m0/s1. The van der Waals surface area contributed by atoms with Crippen molar-refractivity contribution in [1.29, 1.82) is 0 Å². The zero-order valence-electron chi connectivity index (χ0n) is 40.6. The first-order valence-electron chi connectivity index (χ1n) is 23.4. The zero-order chi connectivity index (χ0) is 51.8. The molecule has 0 bridgehead atoms. The van der Waals surface area contributed by atoms with Crippen molar-refractivity contribution in [2.75, 3.05) is 24.8 Å². The van der Waals surface area contributed by atoms with E-state index in [0.29, 0.717) is 11.3 Å². The lowest BCUT2D eigenvalue weighted by Crippen LogP contribution is -2.58. The van der Waals surface area contributed by atoms with Crippen molar-refractivity contribution >= 4 is 69.9 Å². The van der Waals surface area contributed by atoms with E-state index in [1.807, 2.05) is 38.1 Å². The van der Waals surface area contributed by atoms with Gasteiger partial charge in [0, 0.05) is 55.2 Å². The van der Waals surface area contributed by atoms with Gasteiger partial charge in [-0.3, -0.25) is 33.3 Å². The number of aromatic nitrogens is 3. The number of aliphatic hydroxyl groups is 2. The highest BCUT2D eigenvalue weighted by molar-refractivity contribution is 8.00. The van der Waals surface area contributed by atoms with Crippen molar-refractivity contribution in [3.8, 4) is 0 Å². The number of methoxy groups -OCH3 is 1. The molecule has 22 heteroatoms. The fourth-order valence-corrected chi connectivity index (χ4v) is 8.97. The number of rotatable bonds is 25. The SMILES string of the molecule is COC(=O)[C@H](Cc1ccccc1)NC(=O)[C@H](CCC(=O)Nc1ccn([C@H]2CS[C@@H](CO)O2)c(=O)n1)NC(=O)CC(O)[C@H](CC(C)C)NC(=O)[C@@H](NC(=O)[C@H](Cc1c[nH]c2ccccc12)NC(C)=O)C(C)C. The summed E-state index contributed by atoms with van der Waals surface area (Å²) >= 11 is 1.33. The van der Waals surface area contributed by atoms with E-state index >= 15 is 0 Å². The molecule has 1 saturated heterocycles. The third kappa shape index (κ3) is 16.5. The first-order valence-corrected chi connectivity index (χ1v) is 24.5. The highest BCUT2D eigenvalue weighted by Crippen LogP contribution is 2.30. The van der Waals surface area contributed by atoms with Crippen molar-refractivity contribution in [3.05, 3.63) is 94.7 Å². The van der Waals surface area contributed by atoms with Gasteiger partial charge in [0.05, 0.1) is 32.3 Å². The van der Waals surface area contributed by atoms with Gasteiger partial charge >= 0.3 is 11.7 Å². The summed E-state index contributed by atoms with van der Waals surface area (Å²) in [5.41, 5.74) is 1.12. The fourth-order valence-electron chi connectivity index (χ4n) is 8.04. The highest BCUT2D eigenvalue weighted by Gasteiger charge is 2.34. The number of carbonyl (C=O) groups excluding carboxylic acids is 7. The van der Waals surface area contributed by atoms with Crippen LogP contribution in [0.1, 0.15) is 77.7 Å². The minimum atomic E-state index is -1.51. The number of hydrogen-bond donors (Lipinski definition) is 9. The predicted molar refractivity (Wildman–Crippen MR) is 264 cm³/mol. The number of thioether (sulfide) groups is 1. The van der Waals surface area contributed by atoms with Gasteiger partial charge in [-0.25, -0.2) is 9.59 Å². The average molecular weight is 1000 g/mol. The molecule has 2 aromatic carbocycles. The van der Waals surface area contributed by atoms with E-state index in [4.69, 9.17) is 9.47 Å². The summed E-state index contributed by atoms with van der Waals surface area (Å²) in [6.07, 6.45) is 0.0235. The number of carbonyl (C=O) groups is 7. The van der Waals surface area contributed by atoms with Crippen LogP contribution in [0.5, 0.6) is 0 Å². The van der Waals surface area contributed by atoms with Crippen molar-refractivity contribution in [2.45, 2.75) is 121 Å². The van der Waals surface area contributed by atoms with E-state index in [0.717, 1.165) is 23.6 Å². The van der Waals surface area contributed by atoms with Crippen molar-refractivity contribution in [2.24, 2.45) is 11.8 Å². The van der Waals surface area contributed by atoms with Crippen LogP contribution >= 0.6 is 11.8 Å². The van der Waals surface area contributed by atoms with Gasteiger partial charge in [0.2, 0.25) is 35.4 Å². The minimum Gasteiger partial charge on any atom is -0.467 e. The Morgan fingerprint density at radius 2 is 1.56 bits per heavy atom. The summed E-state index contributed by atoms with van der Waals surface area (Å²) in [6, 6.07) is 11.9. The first kappa shape index (κ1) is 55.3. The van der Waals surface area contributed by atoms with Gasteiger partial charge in [0.25, 0.3) is 0 Å². The Kier molecular flexibility index (Phi) is 20.7. The summed E-state index contributed by atoms with van der Waals surface area (Å²) in [4.78, 5) is 114. The Morgan fingerprint density at radius 1 is 0.859 bits per heavy atom. The number of aliphatic hydroxyl groups excluding tert-OH is 2. The minimum absolute atomic E-state index is 0.0357. The molecule has 3 heterocycles.